The first-order valence-corrected chi connectivity index (χ1v) is 6.21. The molecule has 2 heterocycles. The standard InChI is InChI=1S/C13H22N4/c1-10-7-17(8-11(2)16(10)3)9-12-4-5-13(14)15-6-12/h4-6,10-11H,7-9H2,1-3H3,(H2,14,15). The monoisotopic (exact) mass is 234 g/mol. The fraction of sp³-hybridized carbons (Fsp3) is 0.615. The predicted molar refractivity (Wildman–Crippen MR) is 70.6 cm³/mol. The number of piperazine rings is 1. The van der Waals surface area contributed by atoms with Gasteiger partial charge in [-0.15, -0.1) is 0 Å². The van der Waals surface area contributed by atoms with E-state index in [1.54, 1.807) is 0 Å². The van der Waals surface area contributed by atoms with Crippen LogP contribution >= 0.6 is 0 Å². The summed E-state index contributed by atoms with van der Waals surface area (Å²) in [7, 11) is 2.21. The average molecular weight is 234 g/mol. The molecule has 1 aromatic rings. The van der Waals surface area contributed by atoms with Crippen molar-refractivity contribution in [3.8, 4) is 0 Å². The Balaban J connectivity index is 1.98. The van der Waals surface area contributed by atoms with Crippen LogP contribution in [0.2, 0.25) is 0 Å². The van der Waals surface area contributed by atoms with Crippen molar-refractivity contribution >= 4 is 5.82 Å². The highest BCUT2D eigenvalue weighted by atomic mass is 15.3. The van der Waals surface area contributed by atoms with Crippen molar-refractivity contribution in [1.29, 1.82) is 0 Å². The lowest BCUT2D eigenvalue weighted by Gasteiger charge is -2.42. The van der Waals surface area contributed by atoms with E-state index < -0.39 is 0 Å². The van der Waals surface area contributed by atoms with Crippen LogP contribution in [-0.2, 0) is 6.54 Å². The van der Waals surface area contributed by atoms with Crippen molar-refractivity contribution in [2.24, 2.45) is 0 Å². The van der Waals surface area contributed by atoms with Gasteiger partial charge in [-0.1, -0.05) is 6.07 Å². The van der Waals surface area contributed by atoms with Crippen LogP contribution in [0, 0.1) is 0 Å². The Morgan fingerprint density at radius 1 is 1.29 bits per heavy atom. The molecule has 1 aliphatic heterocycles. The summed E-state index contributed by atoms with van der Waals surface area (Å²) in [4.78, 5) is 9.07. The van der Waals surface area contributed by atoms with Gasteiger partial charge in [0.2, 0.25) is 0 Å². The summed E-state index contributed by atoms with van der Waals surface area (Å²) < 4.78 is 0. The lowest BCUT2D eigenvalue weighted by atomic mass is 10.1. The highest BCUT2D eigenvalue weighted by Gasteiger charge is 2.26. The van der Waals surface area contributed by atoms with Crippen LogP contribution in [0.15, 0.2) is 18.3 Å². The molecule has 0 aromatic carbocycles. The van der Waals surface area contributed by atoms with E-state index in [2.05, 4.69) is 41.7 Å². The highest BCUT2D eigenvalue weighted by molar-refractivity contribution is 5.29. The van der Waals surface area contributed by atoms with Gasteiger partial charge >= 0.3 is 0 Å². The van der Waals surface area contributed by atoms with E-state index in [9.17, 15) is 0 Å². The molecule has 0 spiro atoms. The number of nitrogen functional groups attached to an aromatic ring is 1. The molecule has 4 heteroatoms. The molecule has 2 atom stereocenters. The van der Waals surface area contributed by atoms with Gasteiger partial charge in [0.25, 0.3) is 0 Å². The minimum atomic E-state index is 0.592. The molecule has 2 unspecified atom stereocenters. The highest BCUT2D eigenvalue weighted by Crippen LogP contribution is 2.15. The number of pyridine rings is 1. The van der Waals surface area contributed by atoms with Gasteiger partial charge in [0.1, 0.15) is 5.82 Å². The number of rotatable bonds is 2. The number of hydrogen-bond donors (Lipinski definition) is 1. The van der Waals surface area contributed by atoms with Crippen molar-refractivity contribution in [3.63, 3.8) is 0 Å². The first-order valence-electron chi connectivity index (χ1n) is 6.21. The summed E-state index contributed by atoms with van der Waals surface area (Å²) in [6.07, 6.45) is 1.88. The molecular formula is C13H22N4. The molecule has 0 bridgehead atoms. The van der Waals surface area contributed by atoms with Crippen molar-refractivity contribution < 1.29 is 0 Å². The topological polar surface area (TPSA) is 45.4 Å². The zero-order valence-electron chi connectivity index (χ0n) is 10.9. The van der Waals surface area contributed by atoms with Crippen molar-refractivity contribution in [1.82, 2.24) is 14.8 Å². The Kier molecular flexibility index (Phi) is 3.64. The fourth-order valence-electron chi connectivity index (χ4n) is 2.43. The summed E-state index contributed by atoms with van der Waals surface area (Å²) in [5, 5.41) is 0. The van der Waals surface area contributed by atoms with E-state index in [1.807, 2.05) is 12.3 Å². The fourth-order valence-corrected chi connectivity index (χ4v) is 2.43. The summed E-state index contributed by atoms with van der Waals surface area (Å²) in [6.45, 7) is 7.76. The molecule has 0 saturated carbocycles. The van der Waals surface area contributed by atoms with Gasteiger partial charge < -0.3 is 5.73 Å². The minimum absolute atomic E-state index is 0.592. The van der Waals surface area contributed by atoms with Crippen molar-refractivity contribution in [2.75, 3.05) is 25.9 Å². The zero-order chi connectivity index (χ0) is 12.4. The van der Waals surface area contributed by atoms with E-state index in [-0.39, 0.29) is 0 Å². The molecule has 2 rings (SSSR count). The Morgan fingerprint density at radius 3 is 2.47 bits per heavy atom. The molecule has 2 N–H and O–H groups in total. The lowest BCUT2D eigenvalue weighted by Crippen LogP contribution is -2.54. The second kappa shape index (κ2) is 5.02. The maximum atomic E-state index is 5.59. The van der Waals surface area contributed by atoms with Gasteiger partial charge in [0.05, 0.1) is 0 Å². The van der Waals surface area contributed by atoms with Gasteiger partial charge in [-0.3, -0.25) is 9.80 Å². The second-order valence-electron chi connectivity index (χ2n) is 5.15. The van der Waals surface area contributed by atoms with E-state index in [0.29, 0.717) is 17.9 Å². The van der Waals surface area contributed by atoms with E-state index in [0.717, 1.165) is 19.6 Å². The van der Waals surface area contributed by atoms with Crippen molar-refractivity contribution in [2.45, 2.75) is 32.5 Å². The maximum Gasteiger partial charge on any atom is 0.123 e. The normalized spacial score (nSPS) is 27.2. The number of likely N-dealkylation sites (N-methyl/N-ethyl adjacent to an activating group) is 1. The third-order valence-electron chi connectivity index (χ3n) is 3.69. The molecule has 4 nitrogen and oxygen atoms in total. The van der Waals surface area contributed by atoms with Gasteiger partial charge in [-0.05, 0) is 32.5 Å². The first-order chi connectivity index (χ1) is 8.06. The summed E-state index contributed by atoms with van der Waals surface area (Å²) in [6, 6.07) is 5.16. The average Bonchev–Trinajstić information content (AvgIpc) is 2.29. The molecule has 1 fully saturated rings. The van der Waals surface area contributed by atoms with Crippen LogP contribution < -0.4 is 5.73 Å². The number of aromatic nitrogens is 1. The molecule has 1 saturated heterocycles. The van der Waals surface area contributed by atoms with Gasteiger partial charge in [0.15, 0.2) is 0 Å². The smallest absolute Gasteiger partial charge is 0.123 e. The van der Waals surface area contributed by atoms with Crippen LogP contribution in [0.4, 0.5) is 5.82 Å². The summed E-state index contributed by atoms with van der Waals surface area (Å²) in [5.41, 5.74) is 6.83. The van der Waals surface area contributed by atoms with Crippen LogP contribution in [0.3, 0.4) is 0 Å². The third-order valence-corrected chi connectivity index (χ3v) is 3.69. The molecule has 0 aliphatic carbocycles. The van der Waals surface area contributed by atoms with Crippen molar-refractivity contribution in [3.05, 3.63) is 23.9 Å². The quantitative estimate of drug-likeness (QED) is 0.835. The number of nitrogens with zero attached hydrogens (tertiary/aromatic N) is 3. The number of hydrogen-bond acceptors (Lipinski definition) is 4. The minimum Gasteiger partial charge on any atom is -0.384 e. The SMILES string of the molecule is CC1CN(Cc2ccc(N)nc2)CC(C)N1C. The van der Waals surface area contributed by atoms with E-state index in [4.69, 9.17) is 5.73 Å². The molecule has 0 amide bonds. The van der Waals surface area contributed by atoms with Crippen LogP contribution in [0.25, 0.3) is 0 Å². The summed E-state index contributed by atoms with van der Waals surface area (Å²) in [5.74, 6) is 0.592. The molecular weight excluding hydrogens is 212 g/mol. The Morgan fingerprint density at radius 2 is 1.94 bits per heavy atom. The largest absolute Gasteiger partial charge is 0.384 e. The Labute approximate surface area is 103 Å². The van der Waals surface area contributed by atoms with Gasteiger partial charge in [-0.25, -0.2) is 4.98 Å². The molecule has 94 valence electrons. The Bertz CT molecular complexity index is 350. The van der Waals surface area contributed by atoms with Crippen LogP contribution in [0.1, 0.15) is 19.4 Å². The molecule has 1 aromatic heterocycles. The van der Waals surface area contributed by atoms with E-state index >= 15 is 0 Å². The zero-order valence-corrected chi connectivity index (χ0v) is 10.9. The molecule has 17 heavy (non-hydrogen) atoms. The maximum absolute atomic E-state index is 5.59. The summed E-state index contributed by atoms with van der Waals surface area (Å²) >= 11 is 0. The van der Waals surface area contributed by atoms with Crippen LogP contribution in [0.5, 0.6) is 0 Å². The lowest BCUT2D eigenvalue weighted by molar-refractivity contribution is 0.0556. The predicted octanol–water partition coefficient (Wildman–Crippen LogP) is 1.19. The molecule has 0 radical (unpaired) electrons. The first kappa shape index (κ1) is 12.3. The van der Waals surface area contributed by atoms with Gasteiger partial charge in [-0.2, -0.15) is 0 Å². The van der Waals surface area contributed by atoms with Gasteiger partial charge in [0, 0.05) is 37.9 Å². The molecule has 1 aliphatic rings. The second-order valence-corrected chi connectivity index (χ2v) is 5.15. The third kappa shape index (κ3) is 2.96. The van der Waals surface area contributed by atoms with Crippen LogP contribution in [-0.4, -0.2) is 47.0 Å². The Hall–Kier alpha value is -1.13. The number of anilines is 1. The van der Waals surface area contributed by atoms with E-state index in [1.165, 1.54) is 5.56 Å². The number of nitrogens with two attached hydrogens (primary N) is 1.